The van der Waals surface area contributed by atoms with Crippen molar-refractivity contribution in [2.45, 2.75) is 25.6 Å². The maximum atomic E-state index is 8.78. The second kappa shape index (κ2) is 5.28. The van der Waals surface area contributed by atoms with E-state index in [0.29, 0.717) is 5.54 Å². The Morgan fingerprint density at radius 2 is 1.87 bits per heavy atom. The third-order valence-electron chi connectivity index (χ3n) is 3.19. The first-order chi connectivity index (χ1) is 7.09. The summed E-state index contributed by atoms with van der Waals surface area (Å²) in [7, 11) is -1.42. The van der Waals surface area contributed by atoms with E-state index >= 15 is 0 Å². The monoisotopic (exact) mass is 220 g/mol. The number of hydrogen-bond donors (Lipinski definition) is 1. The van der Waals surface area contributed by atoms with Crippen molar-refractivity contribution in [1.82, 2.24) is 0 Å². The molecule has 0 aromatic heterocycles. The van der Waals surface area contributed by atoms with Crippen LogP contribution in [0.5, 0.6) is 0 Å². The average Bonchev–Trinajstić information content (AvgIpc) is 2.27. The fourth-order valence-electron chi connectivity index (χ4n) is 1.64. The van der Waals surface area contributed by atoms with Crippen molar-refractivity contribution in [3.8, 4) is 0 Å². The van der Waals surface area contributed by atoms with Crippen LogP contribution < -0.4 is 5.19 Å². The first kappa shape index (κ1) is 12.2. The van der Waals surface area contributed by atoms with Crippen LogP contribution >= 0.6 is 0 Å². The molecule has 0 saturated heterocycles. The first-order valence-electron chi connectivity index (χ1n) is 5.42. The molecule has 0 spiro atoms. The van der Waals surface area contributed by atoms with Crippen LogP contribution in [-0.2, 0) is 0 Å². The number of aliphatic hydroxyl groups is 1. The van der Waals surface area contributed by atoms with E-state index in [9.17, 15) is 0 Å². The van der Waals surface area contributed by atoms with Crippen LogP contribution in [0.3, 0.4) is 0 Å². The van der Waals surface area contributed by atoms with Gasteiger partial charge in [-0.15, -0.1) is 0 Å². The largest absolute Gasteiger partial charge is 0.392 e. The van der Waals surface area contributed by atoms with Crippen molar-refractivity contribution >= 4 is 13.3 Å². The minimum Gasteiger partial charge on any atom is -0.392 e. The van der Waals surface area contributed by atoms with E-state index in [1.165, 1.54) is 5.19 Å². The van der Waals surface area contributed by atoms with E-state index in [0.717, 1.165) is 0 Å². The lowest BCUT2D eigenvalue weighted by molar-refractivity contribution is 0.342. The SMILES string of the molecule is CC(/C=C/CO)[Si](C)(C)c1ccccc1. The molecule has 1 atom stereocenters. The molecule has 0 amide bonds. The molecule has 0 fully saturated rings. The number of aliphatic hydroxyl groups excluding tert-OH is 1. The average molecular weight is 220 g/mol. The van der Waals surface area contributed by atoms with Crippen LogP contribution in [0.4, 0.5) is 0 Å². The van der Waals surface area contributed by atoms with Gasteiger partial charge in [0.15, 0.2) is 0 Å². The first-order valence-corrected chi connectivity index (χ1v) is 8.50. The summed E-state index contributed by atoms with van der Waals surface area (Å²) in [6, 6.07) is 10.7. The van der Waals surface area contributed by atoms with Crippen molar-refractivity contribution in [2.75, 3.05) is 6.61 Å². The van der Waals surface area contributed by atoms with Crippen LogP contribution in [0.25, 0.3) is 0 Å². The van der Waals surface area contributed by atoms with Gasteiger partial charge < -0.3 is 5.11 Å². The third-order valence-corrected chi connectivity index (χ3v) is 7.48. The highest BCUT2D eigenvalue weighted by atomic mass is 28.3. The molecular formula is C13H20OSi. The van der Waals surface area contributed by atoms with Crippen LogP contribution in [0.2, 0.25) is 18.6 Å². The van der Waals surface area contributed by atoms with Gasteiger partial charge >= 0.3 is 0 Å². The van der Waals surface area contributed by atoms with Crippen LogP contribution in [0, 0.1) is 0 Å². The summed E-state index contributed by atoms with van der Waals surface area (Å²) in [5, 5.41) is 10.3. The molecule has 1 unspecified atom stereocenters. The summed E-state index contributed by atoms with van der Waals surface area (Å²) in [6.07, 6.45) is 3.99. The zero-order valence-corrected chi connectivity index (χ0v) is 10.8. The van der Waals surface area contributed by atoms with Crippen molar-refractivity contribution in [2.24, 2.45) is 0 Å². The molecule has 0 aliphatic rings. The standard InChI is InChI=1S/C13H20OSi/c1-12(8-7-11-14)15(2,3)13-9-5-4-6-10-13/h4-10,12,14H,11H2,1-3H3/b8-7+. The summed E-state index contributed by atoms with van der Waals surface area (Å²) in [6.45, 7) is 7.12. The Morgan fingerprint density at radius 3 is 2.40 bits per heavy atom. The van der Waals surface area contributed by atoms with Crippen molar-refractivity contribution in [3.05, 3.63) is 42.5 Å². The fourth-order valence-corrected chi connectivity index (χ4v) is 3.83. The zero-order chi connectivity index (χ0) is 11.3. The normalized spacial score (nSPS) is 14.4. The summed E-state index contributed by atoms with van der Waals surface area (Å²) in [4.78, 5) is 0. The van der Waals surface area contributed by atoms with Gasteiger partial charge in [-0.2, -0.15) is 0 Å². The Morgan fingerprint density at radius 1 is 1.27 bits per heavy atom. The van der Waals surface area contributed by atoms with Gasteiger partial charge in [0.25, 0.3) is 0 Å². The minimum absolute atomic E-state index is 0.142. The highest BCUT2D eigenvalue weighted by Crippen LogP contribution is 2.22. The predicted molar refractivity (Wildman–Crippen MR) is 69.2 cm³/mol. The van der Waals surface area contributed by atoms with E-state index in [4.69, 9.17) is 5.11 Å². The van der Waals surface area contributed by atoms with Gasteiger partial charge in [0.2, 0.25) is 0 Å². The Balaban J connectivity index is 2.87. The number of benzene rings is 1. The zero-order valence-electron chi connectivity index (χ0n) is 9.77. The van der Waals surface area contributed by atoms with E-state index in [-0.39, 0.29) is 6.61 Å². The Bertz CT molecular complexity index is 317. The second-order valence-electron chi connectivity index (χ2n) is 4.49. The Kier molecular flexibility index (Phi) is 4.30. The van der Waals surface area contributed by atoms with Crippen LogP contribution in [0.15, 0.2) is 42.5 Å². The maximum absolute atomic E-state index is 8.78. The van der Waals surface area contributed by atoms with Gasteiger partial charge in [0, 0.05) is 0 Å². The molecule has 0 aliphatic carbocycles. The van der Waals surface area contributed by atoms with Gasteiger partial charge in [0.05, 0.1) is 14.7 Å². The van der Waals surface area contributed by atoms with Gasteiger partial charge in [0.1, 0.15) is 0 Å². The summed E-state index contributed by atoms with van der Waals surface area (Å²) in [5.74, 6) is 0. The molecule has 15 heavy (non-hydrogen) atoms. The van der Waals surface area contributed by atoms with E-state index in [1.807, 2.05) is 6.08 Å². The topological polar surface area (TPSA) is 20.2 Å². The molecule has 0 aliphatic heterocycles. The highest BCUT2D eigenvalue weighted by molar-refractivity contribution is 6.91. The van der Waals surface area contributed by atoms with Crippen molar-refractivity contribution in [3.63, 3.8) is 0 Å². The highest BCUT2D eigenvalue weighted by Gasteiger charge is 2.28. The van der Waals surface area contributed by atoms with Gasteiger partial charge in [-0.3, -0.25) is 0 Å². The Hall–Kier alpha value is -0.863. The molecule has 0 heterocycles. The molecule has 1 nitrogen and oxygen atoms in total. The molecule has 82 valence electrons. The molecule has 0 bridgehead atoms. The smallest absolute Gasteiger partial charge is 0.0871 e. The van der Waals surface area contributed by atoms with Gasteiger partial charge in [-0.25, -0.2) is 0 Å². The molecule has 1 aromatic carbocycles. The lowest BCUT2D eigenvalue weighted by Gasteiger charge is -2.28. The summed E-state index contributed by atoms with van der Waals surface area (Å²) >= 11 is 0. The Labute approximate surface area is 93.5 Å². The molecule has 0 saturated carbocycles. The number of rotatable bonds is 4. The lowest BCUT2D eigenvalue weighted by atomic mass is 10.4. The predicted octanol–water partition coefficient (Wildman–Crippen LogP) is 2.54. The van der Waals surface area contributed by atoms with E-state index in [2.05, 4.69) is 56.4 Å². The van der Waals surface area contributed by atoms with E-state index < -0.39 is 8.07 Å². The summed E-state index contributed by atoms with van der Waals surface area (Å²) in [5.41, 5.74) is 0.548. The van der Waals surface area contributed by atoms with Crippen molar-refractivity contribution < 1.29 is 5.11 Å². The maximum Gasteiger partial charge on any atom is 0.0871 e. The number of hydrogen-bond acceptors (Lipinski definition) is 1. The molecule has 1 N–H and O–H groups in total. The van der Waals surface area contributed by atoms with Crippen LogP contribution in [-0.4, -0.2) is 19.8 Å². The molecule has 1 rings (SSSR count). The quantitative estimate of drug-likeness (QED) is 0.611. The van der Waals surface area contributed by atoms with Gasteiger partial charge in [-0.1, -0.05) is 67.7 Å². The fraction of sp³-hybridized carbons (Fsp3) is 0.385. The molecular weight excluding hydrogens is 200 g/mol. The van der Waals surface area contributed by atoms with Crippen LogP contribution in [0.1, 0.15) is 6.92 Å². The summed E-state index contributed by atoms with van der Waals surface area (Å²) < 4.78 is 0. The third kappa shape index (κ3) is 3.04. The van der Waals surface area contributed by atoms with E-state index in [1.54, 1.807) is 0 Å². The lowest BCUT2D eigenvalue weighted by Crippen LogP contribution is -2.44. The molecule has 1 aromatic rings. The van der Waals surface area contributed by atoms with Gasteiger partial charge in [-0.05, 0) is 5.54 Å². The molecule has 2 heteroatoms. The van der Waals surface area contributed by atoms with Crippen molar-refractivity contribution in [1.29, 1.82) is 0 Å². The minimum atomic E-state index is -1.42. The second-order valence-corrected chi connectivity index (χ2v) is 9.42. The number of allylic oxidation sites excluding steroid dienone is 1. The molecule has 0 radical (unpaired) electrons.